The van der Waals surface area contributed by atoms with Gasteiger partial charge in [-0.05, 0) is 61.6 Å². The van der Waals surface area contributed by atoms with Crippen molar-refractivity contribution in [2.75, 3.05) is 17.1 Å². The highest BCUT2D eigenvalue weighted by molar-refractivity contribution is 7.92. The van der Waals surface area contributed by atoms with E-state index in [9.17, 15) is 18.0 Å². The Morgan fingerprint density at radius 1 is 0.951 bits per heavy atom. The molecule has 0 bridgehead atoms. The summed E-state index contributed by atoms with van der Waals surface area (Å²) in [4.78, 5) is 29.6. The van der Waals surface area contributed by atoms with Crippen molar-refractivity contribution in [1.82, 2.24) is 10.2 Å². The van der Waals surface area contributed by atoms with Crippen molar-refractivity contribution in [3.05, 3.63) is 100 Å². The van der Waals surface area contributed by atoms with Crippen LogP contribution in [0.2, 0.25) is 5.02 Å². The van der Waals surface area contributed by atoms with Crippen LogP contribution in [-0.2, 0) is 32.6 Å². The van der Waals surface area contributed by atoms with Gasteiger partial charge in [0.2, 0.25) is 21.8 Å². The molecule has 1 unspecified atom stereocenters. The third-order valence-electron chi connectivity index (χ3n) is 7.54. The van der Waals surface area contributed by atoms with Gasteiger partial charge in [0.05, 0.1) is 11.9 Å². The molecule has 0 aliphatic heterocycles. The van der Waals surface area contributed by atoms with E-state index < -0.39 is 28.5 Å². The van der Waals surface area contributed by atoms with Gasteiger partial charge in [0.1, 0.15) is 12.6 Å². The zero-order valence-corrected chi connectivity index (χ0v) is 25.4. The maximum absolute atomic E-state index is 14.2. The first kappa shape index (κ1) is 30.6. The summed E-state index contributed by atoms with van der Waals surface area (Å²) in [7, 11) is -3.82. The molecule has 0 saturated heterocycles. The number of rotatable bonds is 11. The molecule has 1 atom stereocenters. The lowest BCUT2D eigenvalue weighted by Gasteiger charge is -2.34. The van der Waals surface area contributed by atoms with E-state index in [4.69, 9.17) is 11.6 Å². The van der Waals surface area contributed by atoms with Gasteiger partial charge in [0, 0.05) is 24.0 Å². The van der Waals surface area contributed by atoms with Gasteiger partial charge >= 0.3 is 0 Å². The predicted octanol–water partition coefficient (Wildman–Crippen LogP) is 5.42. The number of hydrogen-bond acceptors (Lipinski definition) is 4. The third kappa shape index (κ3) is 8.33. The Kier molecular flexibility index (Phi) is 10.1. The zero-order valence-electron chi connectivity index (χ0n) is 23.8. The van der Waals surface area contributed by atoms with Crippen molar-refractivity contribution in [3.8, 4) is 0 Å². The molecule has 3 aromatic carbocycles. The molecule has 218 valence electrons. The molecule has 9 heteroatoms. The van der Waals surface area contributed by atoms with E-state index in [-0.39, 0.29) is 18.5 Å². The van der Waals surface area contributed by atoms with E-state index in [2.05, 4.69) is 5.32 Å². The Morgan fingerprint density at radius 2 is 1.61 bits per heavy atom. The summed E-state index contributed by atoms with van der Waals surface area (Å²) in [5.74, 6) is -0.701. The Balaban J connectivity index is 1.73. The Hall–Kier alpha value is -3.36. The van der Waals surface area contributed by atoms with Gasteiger partial charge in [0.25, 0.3) is 0 Å². The molecule has 0 spiro atoms. The molecular formula is C32H38ClN3O4S. The van der Waals surface area contributed by atoms with Gasteiger partial charge in [-0.2, -0.15) is 0 Å². The molecule has 0 aromatic heterocycles. The normalized spacial score (nSPS) is 14.4. The molecule has 1 aliphatic carbocycles. The highest BCUT2D eigenvalue weighted by Crippen LogP contribution is 2.25. The number of halogens is 1. The van der Waals surface area contributed by atoms with E-state index in [1.54, 1.807) is 18.2 Å². The summed E-state index contributed by atoms with van der Waals surface area (Å²) in [5.41, 5.74) is 3.86. The first-order valence-electron chi connectivity index (χ1n) is 13.9. The fourth-order valence-electron chi connectivity index (χ4n) is 5.39. The van der Waals surface area contributed by atoms with Gasteiger partial charge < -0.3 is 10.2 Å². The summed E-state index contributed by atoms with van der Waals surface area (Å²) < 4.78 is 27.2. The highest BCUT2D eigenvalue weighted by atomic mass is 35.5. The number of benzene rings is 3. The Labute approximate surface area is 248 Å². The third-order valence-corrected chi connectivity index (χ3v) is 8.92. The van der Waals surface area contributed by atoms with Crippen LogP contribution in [0.25, 0.3) is 0 Å². The van der Waals surface area contributed by atoms with Crippen molar-refractivity contribution in [3.63, 3.8) is 0 Å². The van der Waals surface area contributed by atoms with E-state index >= 15 is 0 Å². The number of nitrogens with zero attached hydrogens (tertiary/aromatic N) is 2. The van der Waals surface area contributed by atoms with Crippen molar-refractivity contribution < 1.29 is 18.0 Å². The van der Waals surface area contributed by atoms with Crippen LogP contribution in [0.4, 0.5) is 5.69 Å². The van der Waals surface area contributed by atoms with Crippen molar-refractivity contribution in [1.29, 1.82) is 0 Å². The number of hydrogen-bond donors (Lipinski definition) is 1. The minimum atomic E-state index is -3.82. The quantitative estimate of drug-likeness (QED) is 0.321. The Morgan fingerprint density at radius 3 is 2.22 bits per heavy atom. The lowest BCUT2D eigenvalue weighted by molar-refractivity contribution is -0.140. The van der Waals surface area contributed by atoms with Crippen LogP contribution >= 0.6 is 11.6 Å². The summed E-state index contributed by atoms with van der Waals surface area (Å²) in [6.45, 7) is 3.44. The van der Waals surface area contributed by atoms with Crippen LogP contribution in [0.1, 0.15) is 47.9 Å². The van der Waals surface area contributed by atoms with Gasteiger partial charge in [-0.25, -0.2) is 8.42 Å². The summed E-state index contributed by atoms with van der Waals surface area (Å²) in [6, 6.07) is 21.3. The second-order valence-electron chi connectivity index (χ2n) is 10.9. The second-order valence-corrected chi connectivity index (χ2v) is 13.2. The largest absolute Gasteiger partial charge is 0.352 e. The number of nitrogens with one attached hydrogen (secondary N) is 1. The number of amides is 2. The molecule has 0 radical (unpaired) electrons. The van der Waals surface area contributed by atoms with E-state index in [1.165, 1.54) is 4.90 Å². The standard InChI is InChI=1S/C32H38ClN3O4S/c1-23-13-18-29(24(2)19-23)36(41(3,39)40)22-31(37)35(21-26-14-16-27(33)17-15-26)30(20-25-9-5-4-6-10-25)32(38)34-28-11-7-8-12-28/h4-6,9-10,13-19,28,30H,7-8,11-12,20-22H2,1-3H3,(H,34,38). The molecule has 1 aliphatic rings. The molecule has 1 saturated carbocycles. The van der Waals surface area contributed by atoms with E-state index in [1.807, 2.05) is 68.4 Å². The van der Waals surface area contributed by atoms with Crippen LogP contribution in [0.3, 0.4) is 0 Å². The molecule has 0 heterocycles. The zero-order chi connectivity index (χ0) is 29.6. The van der Waals surface area contributed by atoms with Crippen molar-refractivity contribution in [2.45, 2.75) is 64.6 Å². The second kappa shape index (κ2) is 13.5. The van der Waals surface area contributed by atoms with Crippen molar-refractivity contribution >= 4 is 39.1 Å². The highest BCUT2D eigenvalue weighted by Gasteiger charge is 2.34. The molecular weight excluding hydrogens is 558 g/mol. The average Bonchev–Trinajstić information content (AvgIpc) is 3.43. The smallest absolute Gasteiger partial charge is 0.244 e. The fraction of sp³-hybridized carbons (Fsp3) is 0.375. The van der Waals surface area contributed by atoms with Crippen LogP contribution in [0, 0.1) is 13.8 Å². The van der Waals surface area contributed by atoms with Crippen LogP contribution in [-0.4, -0.2) is 50.0 Å². The molecule has 3 aromatic rings. The first-order valence-corrected chi connectivity index (χ1v) is 16.2. The van der Waals surface area contributed by atoms with Crippen LogP contribution in [0.5, 0.6) is 0 Å². The van der Waals surface area contributed by atoms with Crippen LogP contribution in [0.15, 0.2) is 72.8 Å². The molecule has 1 fully saturated rings. The maximum Gasteiger partial charge on any atom is 0.244 e. The van der Waals surface area contributed by atoms with Gasteiger partial charge in [-0.15, -0.1) is 0 Å². The number of carbonyl (C=O) groups is 2. The lowest BCUT2D eigenvalue weighted by Crippen LogP contribution is -2.54. The summed E-state index contributed by atoms with van der Waals surface area (Å²) in [5, 5.41) is 3.73. The number of sulfonamides is 1. The molecule has 41 heavy (non-hydrogen) atoms. The molecule has 2 amide bonds. The van der Waals surface area contributed by atoms with Crippen molar-refractivity contribution in [2.24, 2.45) is 0 Å². The molecule has 4 rings (SSSR count). The minimum absolute atomic E-state index is 0.0657. The lowest BCUT2D eigenvalue weighted by atomic mass is 10.0. The SMILES string of the molecule is Cc1ccc(N(CC(=O)N(Cc2ccc(Cl)cc2)C(Cc2ccccc2)C(=O)NC2CCCC2)S(C)(=O)=O)c(C)c1. The van der Waals surface area contributed by atoms with Crippen LogP contribution < -0.4 is 9.62 Å². The number of aryl methyl sites for hydroxylation is 2. The van der Waals surface area contributed by atoms with E-state index in [0.29, 0.717) is 17.1 Å². The molecule has 1 N–H and O–H groups in total. The maximum atomic E-state index is 14.2. The first-order chi connectivity index (χ1) is 19.5. The molecule has 7 nitrogen and oxygen atoms in total. The summed E-state index contributed by atoms with van der Waals surface area (Å²) in [6.07, 6.45) is 5.31. The van der Waals surface area contributed by atoms with Gasteiger partial charge in [-0.3, -0.25) is 13.9 Å². The van der Waals surface area contributed by atoms with Gasteiger partial charge in [-0.1, -0.05) is 84.6 Å². The Bertz CT molecular complexity index is 1460. The monoisotopic (exact) mass is 595 g/mol. The average molecular weight is 596 g/mol. The number of anilines is 1. The minimum Gasteiger partial charge on any atom is -0.352 e. The summed E-state index contributed by atoms with van der Waals surface area (Å²) >= 11 is 6.12. The predicted molar refractivity (Wildman–Crippen MR) is 164 cm³/mol. The van der Waals surface area contributed by atoms with Gasteiger partial charge in [0.15, 0.2) is 0 Å². The fourth-order valence-corrected chi connectivity index (χ4v) is 6.42. The topological polar surface area (TPSA) is 86.8 Å². The number of carbonyl (C=O) groups excluding carboxylic acids is 2. The van der Waals surface area contributed by atoms with E-state index in [0.717, 1.165) is 58.5 Å².